The Morgan fingerprint density at radius 3 is 2.58 bits per heavy atom. The highest BCUT2D eigenvalue weighted by molar-refractivity contribution is 6.12. The third-order valence-corrected chi connectivity index (χ3v) is 6.11. The molecule has 2 aromatic carbocycles. The zero-order valence-electron chi connectivity index (χ0n) is 17.0. The summed E-state index contributed by atoms with van der Waals surface area (Å²) < 4.78 is 19.7. The van der Waals surface area contributed by atoms with Gasteiger partial charge in [-0.25, -0.2) is 14.2 Å². The Hall–Kier alpha value is -3.41. The Morgan fingerprint density at radius 1 is 1.06 bits per heavy atom. The number of hydrogen-bond acceptors (Lipinski definition) is 3. The van der Waals surface area contributed by atoms with E-state index in [2.05, 4.69) is 9.97 Å². The Bertz CT molecular complexity index is 1260. The van der Waals surface area contributed by atoms with Crippen LogP contribution in [0.25, 0.3) is 33.1 Å². The van der Waals surface area contributed by atoms with Crippen LogP contribution in [0.5, 0.6) is 5.75 Å². The van der Waals surface area contributed by atoms with E-state index < -0.39 is 5.97 Å². The number of benzene rings is 2. The second kappa shape index (κ2) is 8.02. The minimum Gasteiger partial charge on any atom is -0.493 e. The molecule has 1 aliphatic rings. The summed E-state index contributed by atoms with van der Waals surface area (Å²) >= 11 is 0. The first-order valence-electron chi connectivity index (χ1n) is 10.7. The molecular weight excluding hydrogens is 395 g/mol. The van der Waals surface area contributed by atoms with Gasteiger partial charge in [-0.2, -0.15) is 0 Å². The molecule has 2 heterocycles. The van der Waals surface area contributed by atoms with E-state index in [0.29, 0.717) is 28.0 Å². The van der Waals surface area contributed by atoms with Crippen molar-refractivity contribution in [3.05, 3.63) is 60.0 Å². The van der Waals surface area contributed by atoms with Crippen LogP contribution in [-0.2, 0) is 0 Å². The third kappa shape index (κ3) is 3.85. The molecule has 2 aromatic heterocycles. The second-order valence-corrected chi connectivity index (χ2v) is 8.24. The molecule has 0 saturated heterocycles. The fourth-order valence-electron chi connectivity index (χ4n) is 4.47. The van der Waals surface area contributed by atoms with Gasteiger partial charge < -0.3 is 14.8 Å². The molecule has 31 heavy (non-hydrogen) atoms. The summed E-state index contributed by atoms with van der Waals surface area (Å²) in [5.74, 6) is -0.0501. The minimum absolute atomic E-state index is 0.0506. The van der Waals surface area contributed by atoms with E-state index in [1.165, 1.54) is 50.3 Å². The molecule has 5 nitrogen and oxygen atoms in total. The number of carbonyl (C=O) groups is 1. The number of pyridine rings is 1. The quantitative estimate of drug-likeness (QED) is 0.406. The predicted molar refractivity (Wildman–Crippen MR) is 118 cm³/mol. The maximum atomic E-state index is 13.7. The fraction of sp³-hybridized carbons (Fsp3) is 0.280. The lowest BCUT2D eigenvalue weighted by Gasteiger charge is -2.21. The molecule has 0 unspecified atom stereocenters. The van der Waals surface area contributed by atoms with E-state index in [1.807, 2.05) is 24.3 Å². The molecule has 0 radical (unpaired) electrons. The molecule has 0 spiro atoms. The third-order valence-electron chi connectivity index (χ3n) is 6.11. The molecule has 0 atom stereocenters. The van der Waals surface area contributed by atoms with Gasteiger partial charge in [-0.3, -0.25) is 0 Å². The second-order valence-electron chi connectivity index (χ2n) is 8.24. The van der Waals surface area contributed by atoms with Crippen LogP contribution >= 0.6 is 0 Å². The van der Waals surface area contributed by atoms with Gasteiger partial charge in [-0.1, -0.05) is 19.3 Å². The molecule has 2 N–H and O–H groups in total. The smallest absolute Gasteiger partial charge is 0.354 e. The van der Waals surface area contributed by atoms with E-state index in [1.54, 1.807) is 6.07 Å². The van der Waals surface area contributed by atoms with Gasteiger partial charge in [0.1, 0.15) is 17.3 Å². The van der Waals surface area contributed by atoms with Crippen LogP contribution in [0.1, 0.15) is 42.6 Å². The lowest BCUT2D eigenvalue weighted by Crippen LogP contribution is -2.15. The van der Waals surface area contributed by atoms with Crippen LogP contribution in [0.3, 0.4) is 0 Å². The van der Waals surface area contributed by atoms with Gasteiger partial charge in [0.15, 0.2) is 0 Å². The largest absolute Gasteiger partial charge is 0.493 e. The Labute approximate surface area is 178 Å². The van der Waals surface area contributed by atoms with Crippen molar-refractivity contribution in [2.75, 3.05) is 6.61 Å². The normalized spacial score (nSPS) is 14.9. The maximum Gasteiger partial charge on any atom is 0.354 e. The number of H-pyrrole nitrogens is 1. The number of nitrogens with one attached hydrogen (secondary N) is 1. The Morgan fingerprint density at radius 2 is 1.84 bits per heavy atom. The summed E-state index contributed by atoms with van der Waals surface area (Å²) in [6.07, 6.45) is 6.33. The highest BCUT2D eigenvalue weighted by atomic mass is 19.1. The highest BCUT2D eigenvalue weighted by Gasteiger charge is 2.17. The topological polar surface area (TPSA) is 75.2 Å². The van der Waals surface area contributed by atoms with Crippen molar-refractivity contribution in [1.29, 1.82) is 0 Å². The Balaban J connectivity index is 1.51. The molecule has 158 valence electrons. The van der Waals surface area contributed by atoms with Crippen molar-refractivity contribution in [3.63, 3.8) is 0 Å². The minimum atomic E-state index is -1.10. The number of aromatic amines is 1. The van der Waals surface area contributed by atoms with E-state index >= 15 is 0 Å². The van der Waals surface area contributed by atoms with Crippen LogP contribution in [0.4, 0.5) is 4.39 Å². The summed E-state index contributed by atoms with van der Waals surface area (Å²) in [6, 6.07) is 13.5. The van der Waals surface area contributed by atoms with Gasteiger partial charge in [0, 0.05) is 21.9 Å². The number of carboxylic acids is 1. The van der Waals surface area contributed by atoms with Crippen molar-refractivity contribution in [1.82, 2.24) is 9.97 Å². The summed E-state index contributed by atoms with van der Waals surface area (Å²) in [5, 5.41) is 11.0. The van der Waals surface area contributed by atoms with Crippen molar-refractivity contribution < 1.29 is 19.0 Å². The predicted octanol–water partition coefficient (Wildman–Crippen LogP) is 6.18. The van der Waals surface area contributed by atoms with Crippen LogP contribution < -0.4 is 4.74 Å². The van der Waals surface area contributed by atoms with Crippen molar-refractivity contribution in [2.45, 2.75) is 32.1 Å². The van der Waals surface area contributed by atoms with Crippen molar-refractivity contribution in [2.24, 2.45) is 5.92 Å². The van der Waals surface area contributed by atoms with Crippen LogP contribution in [-0.4, -0.2) is 27.7 Å². The molecule has 0 aliphatic heterocycles. The van der Waals surface area contributed by atoms with E-state index in [9.17, 15) is 14.3 Å². The van der Waals surface area contributed by atoms with Crippen LogP contribution in [0.2, 0.25) is 0 Å². The van der Waals surface area contributed by atoms with E-state index in [-0.39, 0.29) is 11.5 Å². The first kappa shape index (κ1) is 19.5. The number of halogens is 1. The van der Waals surface area contributed by atoms with Crippen molar-refractivity contribution in [3.8, 4) is 17.0 Å². The van der Waals surface area contributed by atoms with Crippen LogP contribution in [0, 0.1) is 11.7 Å². The molecule has 1 aliphatic carbocycles. The summed E-state index contributed by atoms with van der Waals surface area (Å²) in [5.41, 5.74) is 2.52. The molecule has 5 rings (SSSR count). The molecule has 0 amide bonds. The number of carboxylic acid groups (broad SMARTS) is 1. The lowest BCUT2D eigenvalue weighted by molar-refractivity contribution is 0.0691. The first-order valence-corrected chi connectivity index (χ1v) is 10.7. The lowest BCUT2D eigenvalue weighted by atomic mass is 9.90. The van der Waals surface area contributed by atoms with Gasteiger partial charge in [-0.05, 0) is 67.3 Å². The van der Waals surface area contributed by atoms with Gasteiger partial charge in [0.05, 0.1) is 17.8 Å². The zero-order valence-corrected chi connectivity index (χ0v) is 17.0. The molecule has 4 aromatic rings. The molecule has 1 fully saturated rings. The summed E-state index contributed by atoms with van der Waals surface area (Å²) in [7, 11) is 0. The standard InChI is InChI=1S/C25H23FN2O3/c26-17-8-11-19-20-13-22(25(29)30)28-23(24(20)27-21(19)12-17)16-6-9-18(10-7-16)31-14-15-4-2-1-3-5-15/h6-13,15,27H,1-5,14H2,(H,29,30). The molecule has 0 bridgehead atoms. The average Bonchev–Trinajstić information content (AvgIpc) is 3.15. The van der Waals surface area contributed by atoms with E-state index in [0.717, 1.165) is 23.3 Å². The van der Waals surface area contributed by atoms with Gasteiger partial charge in [-0.15, -0.1) is 0 Å². The van der Waals surface area contributed by atoms with E-state index in [4.69, 9.17) is 4.74 Å². The maximum absolute atomic E-state index is 13.7. The monoisotopic (exact) mass is 418 g/mol. The number of fused-ring (bicyclic) bond motifs is 3. The number of ether oxygens (including phenoxy) is 1. The van der Waals surface area contributed by atoms with Gasteiger partial charge in [0.25, 0.3) is 0 Å². The summed E-state index contributed by atoms with van der Waals surface area (Å²) in [4.78, 5) is 19.3. The number of aromatic carboxylic acids is 1. The van der Waals surface area contributed by atoms with Gasteiger partial charge >= 0.3 is 5.97 Å². The SMILES string of the molecule is O=C(O)c1cc2c([nH]c3cc(F)ccc32)c(-c2ccc(OCC3CCCCC3)cc2)n1. The highest BCUT2D eigenvalue weighted by Crippen LogP contribution is 2.34. The fourth-order valence-corrected chi connectivity index (χ4v) is 4.47. The first-order chi connectivity index (χ1) is 15.1. The van der Waals surface area contributed by atoms with Crippen molar-refractivity contribution >= 4 is 27.8 Å². The molecule has 1 saturated carbocycles. The zero-order chi connectivity index (χ0) is 21.4. The Kier molecular flexibility index (Phi) is 5.06. The molecular formula is C25H23FN2O3. The molecule has 6 heteroatoms. The number of aromatic nitrogens is 2. The average molecular weight is 418 g/mol. The van der Waals surface area contributed by atoms with Gasteiger partial charge in [0.2, 0.25) is 0 Å². The van der Waals surface area contributed by atoms with Crippen LogP contribution in [0.15, 0.2) is 48.5 Å². The number of rotatable bonds is 5. The number of hydrogen-bond donors (Lipinski definition) is 2. The number of nitrogens with zero attached hydrogens (tertiary/aromatic N) is 1. The summed E-state index contributed by atoms with van der Waals surface area (Å²) in [6.45, 7) is 0.726.